The number of nitrogens with zero attached hydrogens (tertiary/aromatic N) is 1. The van der Waals surface area contributed by atoms with Gasteiger partial charge in [-0.3, -0.25) is 4.79 Å². The minimum Gasteiger partial charge on any atom is -0.493 e. The number of hydrazone groups is 1. The van der Waals surface area contributed by atoms with Crippen LogP contribution in [0.1, 0.15) is 21.5 Å². The Morgan fingerprint density at radius 2 is 1.59 bits per heavy atom. The zero-order valence-corrected chi connectivity index (χ0v) is 17.9. The first kappa shape index (κ1) is 22.6. The number of carbonyl (C=O) groups is 1. The van der Waals surface area contributed by atoms with Crippen LogP contribution in [-0.2, 0) is 6.61 Å². The molecule has 0 bridgehead atoms. The molecule has 0 heterocycles. The van der Waals surface area contributed by atoms with E-state index in [1.54, 1.807) is 54.6 Å². The van der Waals surface area contributed by atoms with E-state index in [-0.39, 0.29) is 12.4 Å². The first-order valence-electron chi connectivity index (χ1n) is 9.65. The zero-order chi connectivity index (χ0) is 22.9. The summed E-state index contributed by atoms with van der Waals surface area (Å²) in [4.78, 5) is 12.3. The summed E-state index contributed by atoms with van der Waals surface area (Å²) < 4.78 is 35.2. The van der Waals surface area contributed by atoms with Gasteiger partial charge in [0.2, 0.25) is 0 Å². The molecule has 3 rings (SSSR count). The van der Waals surface area contributed by atoms with Crippen molar-refractivity contribution in [3.63, 3.8) is 0 Å². The predicted octanol–water partition coefficient (Wildman–Crippen LogP) is 4.19. The molecule has 7 nitrogen and oxygen atoms in total. The van der Waals surface area contributed by atoms with Gasteiger partial charge in [-0.05, 0) is 48.0 Å². The van der Waals surface area contributed by atoms with E-state index in [9.17, 15) is 9.18 Å². The van der Waals surface area contributed by atoms with Gasteiger partial charge in [-0.1, -0.05) is 18.2 Å². The van der Waals surface area contributed by atoms with Gasteiger partial charge < -0.3 is 18.9 Å². The molecule has 3 aromatic rings. The molecule has 32 heavy (non-hydrogen) atoms. The second-order valence-corrected chi connectivity index (χ2v) is 6.56. The third-order valence-electron chi connectivity index (χ3n) is 4.55. The number of amides is 1. The molecule has 1 amide bonds. The quantitative estimate of drug-likeness (QED) is 0.400. The molecule has 0 saturated carbocycles. The normalized spacial score (nSPS) is 10.6. The van der Waals surface area contributed by atoms with Crippen LogP contribution in [-0.4, -0.2) is 33.5 Å². The smallest absolute Gasteiger partial charge is 0.271 e. The number of methoxy groups -OCH3 is 3. The highest BCUT2D eigenvalue weighted by Crippen LogP contribution is 2.29. The molecule has 3 aromatic carbocycles. The van der Waals surface area contributed by atoms with E-state index in [1.807, 2.05) is 0 Å². The van der Waals surface area contributed by atoms with Crippen molar-refractivity contribution in [3.05, 3.63) is 83.2 Å². The topological polar surface area (TPSA) is 78.4 Å². The van der Waals surface area contributed by atoms with Gasteiger partial charge in [0.15, 0.2) is 23.0 Å². The van der Waals surface area contributed by atoms with Gasteiger partial charge in [-0.2, -0.15) is 5.10 Å². The van der Waals surface area contributed by atoms with Crippen molar-refractivity contribution in [3.8, 4) is 23.0 Å². The number of hydrogen-bond donors (Lipinski definition) is 1. The van der Waals surface area contributed by atoms with E-state index < -0.39 is 5.91 Å². The molecular weight excluding hydrogens is 415 g/mol. The number of halogens is 1. The molecule has 0 aliphatic heterocycles. The Balaban J connectivity index is 1.64. The summed E-state index contributed by atoms with van der Waals surface area (Å²) in [7, 11) is 4.52. The van der Waals surface area contributed by atoms with Gasteiger partial charge in [-0.15, -0.1) is 0 Å². The van der Waals surface area contributed by atoms with E-state index in [0.717, 1.165) is 0 Å². The Labute approximate surface area is 185 Å². The van der Waals surface area contributed by atoms with Crippen LogP contribution in [0, 0.1) is 5.82 Å². The molecule has 0 saturated heterocycles. The monoisotopic (exact) mass is 438 g/mol. The number of rotatable bonds is 9. The second-order valence-electron chi connectivity index (χ2n) is 6.56. The summed E-state index contributed by atoms with van der Waals surface area (Å²) >= 11 is 0. The molecule has 0 atom stereocenters. The summed E-state index contributed by atoms with van der Waals surface area (Å²) in [6.07, 6.45) is 1.47. The van der Waals surface area contributed by atoms with Gasteiger partial charge in [0.25, 0.3) is 5.91 Å². The van der Waals surface area contributed by atoms with Crippen molar-refractivity contribution < 1.29 is 28.1 Å². The summed E-state index contributed by atoms with van der Waals surface area (Å²) in [5, 5.41) is 3.98. The highest BCUT2D eigenvalue weighted by atomic mass is 19.1. The largest absolute Gasteiger partial charge is 0.493 e. The maximum Gasteiger partial charge on any atom is 0.271 e. The number of ether oxygens (including phenoxy) is 4. The predicted molar refractivity (Wildman–Crippen MR) is 118 cm³/mol. The SMILES string of the molecule is COc1ccc(C(=O)N/N=C/c2ccc(OCc3ccccc3F)c(OC)c2)cc1OC. The number of benzene rings is 3. The molecule has 0 aromatic heterocycles. The van der Waals surface area contributed by atoms with Crippen LogP contribution >= 0.6 is 0 Å². The molecular formula is C24H23FN2O5. The summed E-state index contributed by atoms with van der Waals surface area (Å²) in [6.45, 7) is 0.0673. The van der Waals surface area contributed by atoms with Crippen molar-refractivity contribution in [2.24, 2.45) is 5.10 Å². The van der Waals surface area contributed by atoms with Crippen molar-refractivity contribution in [1.29, 1.82) is 0 Å². The standard InChI is InChI=1S/C24H23FN2O5/c1-29-20-11-9-17(13-23(20)31-3)24(28)27-26-14-16-8-10-21(22(12-16)30-2)32-15-18-6-4-5-7-19(18)25/h4-14H,15H2,1-3H3,(H,27,28)/b26-14+. The molecule has 8 heteroatoms. The maximum atomic E-state index is 13.8. The summed E-state index contributed by atoms with van der Waals surface area (Å²) in [5.41, 5.74) is 3.95. The fraction of sp³-hybridized carbons (Fsp3) is 0.167. The van der Waals surface area contributed by atoms with Crippen LogP contribution in [0.2, 0.25) is 0 Å². The van der Waals surface area contributed by atoms with Crippen molar-refractivity contribution in [1.82, 2.24) is 5.43 Å². The lowest BCUT2D eigenvalue weighted by molar-refractivity contribution is 0.0954. The van der Waals surface area contributed by atoms with Gasteiger partial charge >= 0.3 is 0 Å². The van der Waals surface area contributed by atoms with Crippen LogP contribution in [0.3, 0.4) is 0 Å². The molecule has 0 unspecified atom stereocenters. The molecule has 1 N–H and O–H groups in total. The average molecular weight is 438 g/mol. The molecule has 0 aliphatic carbocycles. The Morgan fingerprint density at radius 3 is 2.31 bits per heavy atom. The van der Waals surface area contributed by atoms with Crippen molar-refractivity contribution in [2.45, 2.75) is 6.61 Å². The van der Waals surface area contributed by atoms with Gasteiger partial charge in [0.1, 0.15) is 12.4 Å². The first-order valence-corrected chi connectivity index (χ1v) is 9.65. The Morgan fingerprint density at radius 1 is 0.906 bits per heavy atom. The van der Waals surface area contributed by atoms with E-state index in [2.05, 4.69) is 10.5 Å². The lowest BCUT2D eigenvalue weighted by Gasteiger charge is -2.11. The average Bonchev–Trinajstić information content (AvgIpc) is 2.83. The van der Waals surface area contributed by atoms with Gasteiger partial charge in [0, 0.05) is 11.1 Å². The zero-order valence-electron chi connectivity index (χ0n) is 17.9. The summed E-state index contributed by atoms with van der Waals surface area (Å²) in [6, 6.07) is 16.3. The van der Waals surface area contributed by atoms with E-state index >= 15 is 0 Å². The number of hydrogen-bond acceptors (Lipinski definition) is 6. The minimum atomic E-state index is -0.404. The summed E-state index contributed by atoms with van der Waals surface area (Å²) in [5.74, 6) is 1.15. The maximum absolute atomic E-state index is 13.8. The fourth-order valence-electron chi connectivity index (χ4n) is 2.86. The van der Waals surface area contributed by atoms with Crippen LogP contribution in [0.15, 0.2) is 65.8 Å². The highest BCUT2D eigenvalue weighted by molar-refractivity contribution is 5.95. The third kappa shape index (κ3) is 5.54. The molecule has 0 aliphatic rings. The Kier molecular flexibility index (Phi) is 7.64. The van der Waals surface area contributed by atoms with E-state index in [4.69, 9.17) is 18.9 Å². The molecule has 0 radical (unpaired) electrons. The Hall–Kier alpha value is -4.07. The van der Waals surface area contributed by atoms with E-state index in [1.165, 1.54) is 33.6 Å². The second kappa shape index (κ2) is 10.8. The Bertz CT molecular complexity index is 1120. The minimum absolute atomic E-state index is 0.0673. The van der Waals surface area contributed by atoms with Crippen LogP contribution in [0.25, 0.3) is 0 Å². The van der Waals surface area contributed by atoms with Crippen LogP contribution in [0.5, 0.6) is 23.0 Å². The first-order chi connectivity index (χ1) is 15.5. The lowest BCUT2D eigenvalue weighted by atomic mass is 10.2. The van der Waals surface area contributed by atoms with Crippen LogP contribution in [0.4, 0.5) is 4.39 Å². The molecule has 0 fully saturated rings. The van der Waals surface area contributed by atoms with Crippen molar-refractivity contribution in [2.75, 3.05) is 21.3 Å². The van der Waals surface area contributed by atoms with Gasteiger partial charge in [-0.25, -0.2) is 9.82 Å². The van der Waals surface area contributed by atoms with Gasteiger partial charge in [0.05, 0.1) is 27.5 Å². The number of carbonyl (C=O) groups excluding carboxylic acids is 1. The lowest BCUT2D eigenvalue weighted by Crippen LogP contribution is -2.17. The molecule has 166 valence electrons. The van der Waals surface area contributed by atoms with E-state index in [0.29, 0.717) is 39.7 Å². The fourth-order valence-corrected chi connectivity index (χ4v) is 2.86. The molecule has 0 spiro atoms. The highest BCUT2D eigenvalue weighted by Gasteiger charge is 2.11. The van der Waals surface area contributed by atoms with Crippen molar-refractivity contribution >= 4 is 12.1 Å². The number of nitrogens with one attached hydrogen (secondary N) is 1. The van der Waals surface area contributed by atoms with Crippen LogP contribution < -0.4 is 24.4 Å². The third-order valence-corrected chi connectivity index (χ3v) is 4.55.